The first-order valence-electron chi connectivity index (χ1n) is 12.2. The van der Waals surface area contributed by atoms with Gasteiger partial charge in [-0.3, -0.25) is 4.79 Å². The third kappa shape index (κ3) is 5.35. The number of ether oxygens (including phenoxy) is 2. The van der Waals surface area contributed by atoms with E-state index in [4.69, 9.17) is 9.47 Å². The van der Waals surface area contributed by atoms with Gasteiger partial charge in [0.2, 0.25) is 0 Å². The van der Waals surface area contributed by atoms with E-state index in [1.54, 1.807) is 19.1 Å². The van der Waals surface area contributed by atoms with Crippen LogP contribution >= 0.6 is 0 Å². The quantitative estimate of drug-likeness (QED) is 0.683. The van der Waals surface area contributed by atoms with E-state index in [1.807, 2.05) is 0 Å². The Morgan fingerprint density at radius 3 is 2.32 bits per heavy atom. The Kier molecular flexibility index (Phi) is 7.39. The Morgan fingerprint density at radius 2 is 1.61 bits per heavy atom. The van der Waals surface area contributed by atoms with E-state index >= 15 is 0 Å². The van der Waals surface area contributed by atoms with Crippen LogP contribution in [0, 0.1) is 18.8 Å². The van der Waals surface area contributed by atoms with Crippen LogP contribution in [-0.4, -0.2) is 70.8 Å². The molecule has 0 spiro atoms. The zero-order valence-corrected chi connectivity index (χ0v) is 19.7. The third-order valence-corrected chi connectivity index (χ3v) is 7.99. The molecular weight excluding hydrogens is 390 g/mol. The number of carbonyl (C=O) groups excluding carboxylic acids is 1. The van der Waals surface area contributed by atoms with Crippen molar-refractivity contribution < 1.29 is 24.1 Å². The fourth-order valence-electron chi connectivity index (χ4n) is 5.95. The molecule has 172 valence electrons. The highest BCUT2D eigenvalue weighted by molar-refractivity contribution is 5.77. The van der Waals surface area contributed by atoms with Crippen LogP contribution in [0.2, 0.25) is 0 Å². The molecule has 31 heavy (non-hydrogen) atoms. The number of amides is 1. The molecule has 2 saturated heterocycles. The number of fused-ring (bicyclic) bond motifs is 1. The number of methoxy groups -OCH3 is 2. The van der Waals surface area contributed by atoms with Crippen molar-refractivity contribution in [1.29, 1.82) is 0 Å². The number of rotatable bonds is 6. The Labute approximate surface area is 187 Å². The van der Waals surface area contributed by atoms with E-state index in [2.05, 4.69) is 24.0 Å². The van der Waals surface area contributed by atoms with Gasteiger partial charge in [0.25, 0.3) is 5.91 Å². The minimum Gasteiger partial charge on any atom is -0.493 e. The first kappa shape index (κ1) is 22.4. The SMILES string of the molecule is COc1cc(C)c(C[NH+]2CC[NH+](CC(=O)N3CC[C@@H]4CCCC[C@H]4C3)CC2)cc1OC. The molecular formula is C25H41N3O3+2. The average Bonchev–Trinajstić information content (AvgIpc) is 2.80. The fraction of sp³-hybridized carbons (Fsp3) is 0.720. The number of benzene rings is 1. The lowest BCUT2D eigenvalue weighted by Crippen LogP contribution is -3.28. The Balaban J connectivity index is 1.25. The number of nitrogens with one attached hydrogen (secondary N) is 2. The number of hydrogen-bond acceptors (Lipinski definition) is 3. The first-order chi connectivity index (χ1) is 15.1. The van der Waals surface area contributed by atoms with Crippen LogP contribution in [0.25, 0.3) is 0 Å². The van der Waals surface area contributed by atoms with Gasteiger partial charge in [0.15, 0.2) is 18.0 Å². The summed E-state index contributed by atoms with van der Waals surface area (Å²) in [5, 5.41) is 0. The molecule has 0 unspecified atom stereocenters. The van der Waals surface area contributed by atoms with E-state index in [0.29, 0.717) is 12.5 Å². The summed E-state index contributed by atoms with van der Waals surface area (Å²) in [5.74, 6) is 3.64. The zero-order valence-electron chi connectivity index (χ0n) is 19.7. The molecule has 2 heterocycles. The van der Waals surface area contributed by atoms with E-state index < -0.39 is 0 Å². The van der Waals surface area contributed by atoms with Crippen LogP contribution in [0.1, 0.15) is 43.2 Å². The highest BCUT2D eigenvalue weighted by atomic mass is 16.5. The number of carbonyl (C=O) groups is 1. The highest BCUT2D eigenvalue weighted by Crippen LogP contribution is 2.36. The van der Waals surface area contributed by atoms with Gasteiger partial charge in [-0.15, -0.1) is 0 Å². The average molecular weight is 432 g/mol. The summed E-state index contributed by atoms with van der Waals surface area (Å²) < 4.78 is 10.9. The number of nitrogens with zero attached hydrogens (tertiary/aromatic N) is 1. The van der Waals surface area contributed by atoms with Crippen molar-refractivity contribution in [1.82, 2.24) is 4.90 Å². The van der Waals surface area contributed by atoms with Gasteiger partial charge < -0.3 is 24.2 Å². The molecule has 1 aliphatic carbocycles. The maximum atomic E-state index is 13.0. The topological polar surface area (TPSA) is 47.7 Å². The van der Waals surface area contributed by atoms with Crippen LogP contribution in [0.5, 0.6) is 11.5 Å². The minimum atomic E-state index is 0.387. The van der Waals surface area contributed by atoms with Crippen LogP contribution < -0.4 is 19.3 Å². The molecule has 0 aromatic heterocycles. The lowest BCUT2D eigenvalue weighted by molar-refractivity contribution is -1.02. The Bertz CT molecular complexity index is 761. The van der Waals surface area contributed by atoms with Gasteiger partial charge >= 0.3 is 0 Å². The second-order valence-electron chi connectivity index (χ2n) is 9.92. The summed E-state index contributed by atoms with van der Waals surface area (Å²) >= 11 is 0. The summed E-state index contributed by atoms with van der Waals surface area (Å²) in [6.45, 7) is 10.2. The zero-order chi connectivity index (χ0) is 21.8. The molecule has 2 aliphatic heterocycles. The van der Waals surface area contributed by atoms with Gasteiger partial charge in [0.1, 0.15) is 32.7 Å². The molecule has 6 heteroatoms. The van der Waals surface area contributed by atoms with E-state index in [0.717, 1.165) is 69.1 Å². The predicted molar refractivity (Wildman–Crippen MR) is 121 cm³/mol. The molecule has 4 rings (SSSR count). The lowest BCUT2D eigenvalue weighted by Gasteiger charge is -2.41. The van der Waals surface area contributed by atoms with Crippen LogP contribution in [0.15, 0.2) is 12.1 Å². The molecule has 1 aromatic carbocycles. The van der Waals surface area contributed by atoms with Crippen molar-refractivity contribution in [3.63, 3.8) is 0 Å². The molecule has 6 nitrogen and oxygen atoms in total. The smallest absolute Gasteiger partial charge is 0.277 e. The number of aryl methyl sites for hydroxylation is 1. The minimum absolute atomic E-state index is 0.387. The van der Waals surface area contributed by atoms with E-state index in [-0.39, 0.29) is 0 Å². The third-order valence-electron chi connectivity index (χ3n) is 7.99. The standard InChI is InChI=1S/C25H39N3O3/c1-19-14-23(30-2)24(31-3)15-22(19)16-26-10-12-27(13-11-26)18-25(29)28-9-8-20-6-4-5-7-21(20)17-28/h14-15,20-21H,4-13,16-18H2,1-3H3/p+2/t20-,21-/m0/s1. The van der Waals surface area contributed by atoms with E-state index in [1.165, 1.54) is 48.1 Å². The van der Waals surface area contributed by atoms with Gasteiger partial charge in [-0.05, 0) is 49.3 Å². The summed E-state index contributed by atoms with van der Waals surface area (Å²) in [5.41, 5.74) is 2.57. The van der Waals surface area contributed by atoms with Crippen molar-refractivity contribution >= 4 is 5.91 Å². The Hall–Kier alpha value is -1.79. The van der Waals surface area contributed by atoms with Crippen LogP contribution in [0.3, 0.4) is 0 Å². The molecule has 1 saturated carbocycles. The summed E-state index contributed by atoms with van der Waals surface area (Å²) in [4.78, 5) is 18.2. The monoisotopic (exact) mass is 431 g/mol. The normalized spacial score (nSPS) is 28.7. The van der Waals surface area contributed by atoms with Gasteiger partial charge in [0.05, 0.1) is 14.2 Å². The van der Waals surface area contributed by atoms with Crippen LogP contribution in [0.4, 0.5) is 0 Å². The maximum absolute atomic E-state index is 13.0. The molecule has 3 fully saturated rings. The number of quaternary nitrogens is 2. The van der Waals surface area contributed by atoms with Crippen molar-refractivity contribution in [3.8, 4) is 11.5 Å². The lowest BCUT2D eigenvalue weighted by atomic mass is 9.75. The molecule has 1 aromatic rings. The van der Waals surface area contributed by atoms with Gasteiger partial charge in [-0.25, -0.2) is 0 Å². The Morgan fingerprint density at radius 1 is 0.968 bits per heavy atom. The van der Waals surface area contributed by atoms with Gasteiger partial charge in [-0.2, -0.15) is 0 Å². The molecule has 3 aliphatic rings. The molecule has 0 bridgehead atoms. The molecule has 2 atom stereocenters. The second-order valence-corrected chi connectivity index (χ2v) is 9.92. The highest BCUT2D eigenvalue weighted by Gasteiger charge is 2.34. The predicted octanol–water partition coefficient (Wildman–Crippen LogP) is 0.334. The van der Waals surface area contributed by atoms with Crippen molar-refractivity contribution in [2.75, 3.05) is 60.0 Å². The first-order valence-corrected chi connectivity index (χ1v) is 12.2. The maximum Gasteiger partial charge on any atom is 0.277 e. The van der Waals surface area contributed by atoms with Crippen molar-refractivity contribution in [3.05, 3.63) is 23.3 Å². The number of piperidine rings is 1. The van der Waals surface area contributed by atoms with E-state index in [9.17, 15) is 4.79 Å². The number of piperazine rings is 1. The number of hydrogen-bond donors (Lipinski definition) is 2. The van der Waals surface area contributed by atoms with Crippen molar-refractivity contribution in [2.24, 2.45) is 11.8 Å². The second kappa shape index (κ2) is 10.2. The van der Waals surface area contributed by atoms with Crippen molar-refractivity contribution in [2.45, 2.75) is 45.6 Å². The molecule has 1 amide bonds. The molecule has 0 radical (unpaired) electrons. The van der Waals surface area contributed by atoms with Crippen LogP contribution in [-0.2, 0) is 11.3 Å². The summed E-state index contributed by atoms with van der Waals surface area (Å²) in [6.07, 6.45) is 6.71. The summed E-state index contributed by atoms with van der Waals surface area (Å²) in [6, 6.07) is 4.20. The number of likely N-dealkylation sites (tertiary alicyclic amines) is 1. The molecule has 2 N–H and O–H groups in total. The van der Waals surface area contributed by atoms with Gasteiger partial charge in [0, 0.05) is 18.7 Å². The largest absolute Gasteiger partial charge is 0.493 e. The van der Waals surface area contributed by atoms with Gasteiger partial charge in [-0.1, -0.05) is 19.3 Å². The fourth-order valence-corrected chi connectivity index (χ4v) is 5.95. The summed E-state index contributed by atoms with van der Waals surface area (Å²) in [7, 11) is 3.38.